The number of hydrogen-bond donors (Lipinski definition) is 2. The summed E-state index contributed by atoms with van der Waals surface area (Å²) in [7, 11) is 0. The first kappa shape index (κ1) is 12.2. The highest BCUT2D eigenvalue weighted by atomic mass is 19.2. The van der Waals surface area contributed by atoms with Crippen LogP contribution in [0.25, 0.3) is 5.83 Å². The first-order valence-corrected chi connectivity index (χ1v) is 3.58. The Bertz CT molecular complexity index is 449. The SMILES string of the molecule is OC(O)=C(F)c1c(F)c(F)c(F)c(F)c1F. The van der Waals surface area contributed by atoms with E-state index in [0.29, 0.717) is 0 Å². The summed E-state index contributed by atoms with van der Waals surface area (Å²) in [6.45, 7) is 0. The quantitative estimate of drug-likeness (QED) is 0.345. The van der Waals surface area contributed by atoms with E-state index in [2.05, 4.69) is 0 Å². The lowest BCUT2D eigenvalue weighted by Crippen LogP contribution is -2.06. The average molecular weight is 244 g/mol. The Morgan fingerprint density at radius 2 is 1.00 bits per heavy atom. The monoisotopic (exact) mass is 244 g/mol. The fraction of sp³-hybridized carbons (Fsp3) is 0. The number of benzene rings is 1. The van der Waals surface area contributed by atoms with Crippen molar-refractivity contribution in [1.29, 1.82) is 0 Å². The first-order chi connectivity index (χ1) is 7.29. The van der Waals surface area contributed by atoms with Gasteiger partial charge in [0.1, 0.15) is 0 Å². The molecule has 0 aliphatic rings. The average Bonchev–Trinajstić information content (AvgIpc) is 2.23. The highest BCUT2D eigenvalue weighted by Crippen LogP contribution is 2.29. The van der Waals surface area contributed by atoms with Gasteiger partial charge in [-0.25, -0.2) is 22.0 Å². The minimum absolute atomic E-state index is 2.03. The van der Waals surface area contributed by atoms with Crippen LogP contribution in [0.4, 0.5) is 26.3 Å². The van der Waals surface area contributed by atoms with Crippen LogP contribution >= 0.6 is 0 Å². The zero-order valence-electron chi connectivity index (χ0n) is 7.16. The Hall–Kier alpha value is -1.86. The van der Waals surface area contributed by atoms with Gasteiger partial charge in [-0.3, -0.25) is 0 Å². The van der Waals surface area contributed by atoms with Crippen molar-refractivity contribution in [2.24, 2.45) is 0 Å². The molecule has 0 spiro atoms. The zero-order chi connectivity index (χ0) is 12.6. The molecule has 0 aliphatic heterocycles. The number of aliphatic hydroxyl groups is 2. The molecular weight excluding hydrogens is 242 g/mol. The minimum Gasteiger partial charge on any atom is -0.479 e. The standard InChI is InChI=1S/C8H2F6O2/c9-2-1(4(11)8(15)16)3(10)6(13)7(14)5(2)12/h15-16H. The summed E-state index contributed by atoms with van der Waals surface area (Å²) in [5, 5.41) is 16.3. The topological polar surface area (TPSA) is 40.5 Å². The summed E-state index contributed by atoms with van der Waals surface area (Å²) < 4.78 is 75.8. The summed E-state index contributed by atoms with van der Waals surface area (Å²) in [5.74, 6) is -16.8. The van der Waals surface area contributed by atoms with Crippen molar-refractivity contribution in [1.82, 2.24) is 0 Å². The summed E-state index contributed by atoms with van der Waals surface area (Å²) in [6, 6.07) is 0. The molecule has 0 radical (unpaired) electrons. The predicted octanol–water partition coefficient (Wildman–Crippen LogP) is 3.09. The molecule has 1 aromatic rings. The van der Waals surface area contributed by atoms with E-state index in [1.165, 1.54) is 0 Å². The summed E-state index contributed by atoms with van der Waals surface area (Å²) in [5.41, 5.74) is -2.03. The molecular formula is C8H2F6O2. The van der Waals surface area contributed by atoms with Crippen molar-refractivity contribution in [3.8, 4) is 0 Å². The van der Waals surface area contributed by atoms with E-state index in [9.17, 15) is 26.3 Å². The molecule has 8 heteroatoms. The van der Waals surface area contributed by atoms with Crippen molar-refractivity contribution in [2.75, 3.05) is 0 Å². The van der Waals surface area contributed by atoms with Crippen LogP contribution in [-0.2, 0) is 0 Å². The molecule has 1 rings (SSSR count). The van der Waals surface area contributed by atoms with Crippen molar-refractivity contribution in [2.45, 2.75) is 0 Å². The molecule has 0 aromatic heterocycles. The zero-order valence-corrected chi connectivity index (χ0v) is 7.16. The number of rotatable bonds is 1. The summed E-state index contributed by atoms with van der Waals surface area (Å²) in [4.78, 5) is 0. The molecule has 0 saturated carbocycles. The van der Waals surface area contributed by atoms with Crippen LogP contribution in [0.2, 0.25) is 0 Å². The fourth-order valence-corrected chi connectivity index (χ4v) is 0.909. The third-order valence-corrected chi connectivity index (χ3v) is 1.63. The Kier molecular flexibility index (Phi) is 3.02. The predicted molar refractivity (Wildman–Crippen MR) is 39.5 cm³/mol. The lowest BCUT2D eigenvalue weighted by Gasteiger charge is -2.05. The number of hydrogen-bond acceptors (Lipinski definition) is 2. The van der Waals surface area contributed by atoms with Crippen LogP contribution in [0, 0.1) is 29.1 Å². The maximum atomic E-state index is 12.8. The summed E-state index contributed by atoms with van der Waals surface area (Å²) >= 11 is 0. The normalized spacial score (nSPS) is 10.4. The van der Waals surface area contributed by atoms with Gasteiger partial charge >= 0.3 is 5.95 Å². The van der Waals surface area contributed by atoms with Gasteiger partial charge in [0.25, 0.3) is 0 Å². The van der Waals surface area contributed by atoms with Crippen LogP contribution in [0.3, 0.4) is 0 Å². The highest BCUT2D eigenvalue weighted by molar-refractivity contribution is 5.60. The van der Waals surface area contributed by atoms with Crippen molar-refractivity contribution >= 4 is 5.83 Å². The van der Waals surface area contributed by atoms with Crippen molar-refractivity contribution < 1.29 is 36.6 Å². The third kappa shape index (κ3) is 1.66. The Morgan fingerprint density at radius 1 is 0.688 bits per heavy atom. The van der Waals surface area contributed by atoms with E-state index >= 15 is 0 Å². The second-order valence-corrected chi connectivity index (χ2v) is 2.58. The summed E-state index contributed by atoms with van der Waals surface area (Å²) in [6.07, 6.45) is 0. The van der Waals surface area contributed by atoms with E-state index in [-0.39, 0.29) is 0 Å². The molecule has 0 atom stereocenters. The van der Waals surface area contributed by atoms with Gasteiger partial charge in [0.15, 0.2) is 23.3 Å². The van der Waals surface area contributed by atoms with Crippen molar-refractivity contribution in [3.63, 3.8) is 0 Å². The largest absolute Gasteiger partial charge is 0.479 e. The van der Waals surface area contributed by atoms with Crippen LogP contribution in [0.1, 0.15) is 5.56 Å². The van der Waals surface area contributed by atoms with Gasteiger partial charge in [-0.2, -0.15) is 4.39 Å². The third-order valence-electron chi connectivity index (χ3n) is 1.63. The van der Waals surface area contributed by atoms with Crippen LogP contribution in [-0.4, -0.2) is 10.2 Å². The van der Waals surface area contributed by atoms with Crippen LogP contribution in [0.15, 0.2) is 5.95 Å². The fourth-order valence-electron chi connectivity index (χ4n) is 0.909. The molecule has 0 amide bonds. The lowest BCUT2D eigenvalue weighted by molar-refractivity contribution is 0.187. The second kappa shape index (κ2) is 3.95. The van der Waals surface area contributed by atoms with Gasteiger partial charge in [0.05, 0.1) is 5.56 Å². The molecule has 1 aromatic carbocycles. The van der Waals surface area contributed by atoms with Gasteiger partial charge < -0.3 is 10.2 Å². The smallest absolute Gasteiger partial charge is 0.312 e. The molecule has 16 heavy (non-hydrogen) atoms. The molecule has 2 N–H and O–H groups in total. The Morgan fingerprint density at radius 3 is 1.31 bits per heavy atom. The van der Waals surface area contributed by atoms with Gasteiger partial charge in [-0.15, -0.1) is 0 Å². The molecule has 0 heterocycles. The second-order valence-electron chi connectivity index (χ2n) is 2.58. The van der Waals surface area contributed by atoms with Gasteiger partial charge in [-0.1, -0.05) is 0 Å². The molecule has 0 aliphatic carbocycles. The van der Waals surface area contributed by atoms with Crippen LogP contribution in [0.5, 0.6) is 0 Å². The van der Waals surface area contributed by atoms with Gasteiger partial charge in [0, 0.05) is 0 Å². The van der Waals surface area contributed by atoms with Crippen LogP contribution < -0.4 is 0 Å². The number of aliphatic hydroxyl groups excluding tert-OH is 1. The van der Waals surface area contributed by atoms with Gasteiger partial charge in [0.2, 0.25) is 11.6 Å². The minimum atomic E-state index is -2.47. The van der Waals surface area contributed by atoms with Crippen molar-refractivity contribution in [3.05, 3.63) is 40.6 Å². The van der Waals surface area contributed by atoms with E-state index in [4.69, 9.17) is 10.2 Å². The van der Waals surface area contributed by atoms with E-state index in [1.807, 2.05) is 0 Å². The molecule has 88 valence electrons. The Balaban J connectivity index is 3.72. The lowest BCUT2D eigenvalue weighted by atomic mass is 10.1. The molecule has 0 unspecified atom stereocenters. The van der Waals surface area contributed by atoms with E-state index in [0.717, 1.165) is 0 Å². The van der Waals surface area contributed by atoms with E-state index in [1.54, 1.807) is 0 Å². The molecule has 0 bridgehead atoms. The molecule has 0 fully saturated rings. The first-order valence-electron chi connectivity index (χ1n) is 3.58. The van der Waals surface area contributed by atoms with E-state index < -0.39 is 46.4 Å². The Labute approximate surface area is 84.1 Å². The maximum absolute atomic E-state index is 12.8. The van der Waals surface area contributed by atoms with Gasteiger partial charge in [-0.05, 0) is 0 Å². The number of halogens is 6. The maximum Gasteiger partial charge on any atom is 0.312 e. The molecule has 2 nitrogen and oxygen atoms in total. The molecule has 0 saturated heterocycles. The highest BCUT2D eigenvalue weighted by Gasteiger charge is 2.29.